The van der Waals surface area contributed by atoms with Crippen LogP contribution in [-0.4, -0.2) is 25.6 Å². The monoisotopic (exact) mass is 240 g/mol. The first-order valence-electron chi connectivity index (χ1n) is 5.66. The van der Waals surface area contributed by atoms with E-state index < -0.39 is 5.82 Å². The Kier molecular flexibility index (Phi) is 5.63. The van der Waals surface area contributed by atoms with Crippen molar-refractivity contribution in [3.63, 3.8) is 0 Å². The molecule has 1 rings (SSSR count). The van der Waals surface area contributed by atoms with Crippen LogP contribution in [0.25, 0.3) is 0 Å². The summed E-state index contributed by atoms with van der Waals surface area (Å²) < 4.78 is 23.6. The van der Waals surface area contributed by atoms with Crippen molar-refractivity contribution in [1.29, 1.82) is 0 Å². The molecule has 1 aromatic carbocycles. The van der Waals surface area contributed by atoms with E-state index in [4.69, 9.17) is 9.47 Å². The van der Waals surface area contributed by atoms with Crippen LogP contribution in [0, 0.1) is 5.82 Å². The van der Waals surface area contributed by atoms with Crippen LogP contribution < -0.4 is 4.74 Å². The molecule has 0 aromatic heterocycles. The van der Waals surface area contributed by atoms with Gasteiger partial charge in [-0.25, -0.2) is 4.39 Å². The normalized spacial score (nSPS) is 10.3. The summed E-state index contributed by atoms with van der Waals surface area (Å²) in [5.74, 6) is -0.212. The molecule has 3 nitrogen and oxygen atoms in total. The van der Waals surface area contributed by atoms with E-state index in [1.54, 1.807) is 0 Å². The third kappa shape index (κ3) is 4.53. The summed E-state index contributed by atoms with van der Waals surface area (Å²) in [4.78, 5) is 11.3. The number of carbonyl (C=O) groups is 1. The molecule has 0 atom stereocenters. The molecule has 1 aromatic rings. The van der Waals surface area contributed by atoms with Crippen molar-refractivity contribution in [2.45, 2.75) is 20.3 Å². The molecule has 0 aliphatic carbocycles. The lowest BCUT2D eigenvalue weighted by Crippen LogP contribution is -2.06. The quantitative estimate of drug-likeness (QED) is 0.543. The number of hydrogen-bond donors (Lipinski definition) is 0. The average Bonchev–Trinajstić information content (AvgIpc) is 2.30. The Balaban J connectivity index is 2.55. The van der Waals surface area contributed by atoms with Gasteiger partial charge >= 0.3 is 0 Å². The fourth-order valence-electron chi connectivity index (χ4n) is 1.39. The predicted molar refractivity (Wildman–Crippen MR) is 63.0 cm³/mol. The molecule has 0 N–H and O–H groups in total. The Morgan fingerprint density at radius 2 is 2.12 bits per heavy atom. The molecule has 0 bridgehead atoms. The zero-order chi connectivity index (χ0) is 12.7. The molecule has 0 saturated carbocycles. The zero-order valence-corrected chi connectivity index (χ0v) is 10.2. The van der Waals surface area contributed by atoms with Crippen molar-refractivity contribution < 1.29 is 18.7 Å². The third-order valence-electron chi connectivity index (χ3n) is 2.22. The fraction of sp³-hybridized carbons (Fsp3) is 0.462. The van der Waals surface area contributed by atoms with E-state index in [0.717, 1.165) is 6.42 Å². The van der Waals surface area contributed by atoms with Crippen molar-refractivity contribution in [1.82, 2.24) is 0 Å². The van der Waals surface area contributed by atoms with Crippen LogP contribution >= 0.6 is 0 Å². The molecule has 94 valence electrons. The second-order valence-corrected chi connectivity index (χ2v) is 3.60. The van der Waals surface area contributed by atoms with E-state index in [-0.39, 0.29) is 11.3 Å². The van der Waals surface area contributed by atoms with Crippen LogP contribution in [0.4, 0.5) is 4.39 Å². The number of ketones is 1. The van der Waals surface area contributed by atoms with Gasteiger partial charge in [0, 0.05) is 19.6 Å². The minimum absolute atomic E-state index is 0.204. The molecule has 0 amide bonds. The lowest BCUT2D eigenvalue weighted by Gasteiger charge is -2.09. The predicted octanol–water partition coefficient (Wildman–Crippen LogP) is 2.83. The van der Waals surface area contributed by atoms with Gasteiger partial charge in [0.05, 0.1) is 12.2 Å². The van der Waals surface area contributed by atoms with Crippen LogP contribution in [0.15, 0.2) is 18.2 Å². The summed E-state index contributed by atoms with van der Waals surface area (Å²) >= 11 is 0. The van der Waals surface area contributed by atoms with Crippen LogP contribution in [0.3, 0.4) is 0 Å². The summed E-state index contributed by atoms with van der Waals surface area (Å²) in [7, 11) is 0. The SMILES string of the molecule is CCOCCCOc1ccc(F)cc1C(C)=O. The second-order valence-electron chi connectivity index (χ2n) is 3.60. The largest absolute Gasteiger partial charge is 0.493 e. The van der Waals surface area contributed by atoms with Crippen molar-refractivity contribution in [2.24, 2.45) is 0 Å². The van der Waals surface area contributed by atoms with Crippen LogP contribution in [0.5, 0.6) is 5.75 Å². The fourth-order valence-corrected chi connectivity index (χ4v) is 1.39. The first-order chi connectivity index (χ1) is 8.15. The number of ether oxygens (including phenoxy) is 2. The first kappa shape index (κ1) is 13.6. The molecule has 0 radical (unpaired) electrons. The van der Waals surface area contributed by atoms with Crippen molar-refractivity contribution >= 4 is 5.78 Å². The Bertz CT molecular complexity index is 377. The van der Waals surface area contributed by atoms with Gasteiger partial charge < -0.3 is 9.47 Å². The van der Waals surface area contributed by atoms with E-state index in [1.165, 1.54) is 25.1 Å². The topological polar surface area (TPSA) is 35.5 Å². The molecule has 0 spiro atoms. The number of rotatable bonds is 7. The molecule has 0 fully saturated rings. The van der Waals surface area contributed by atoms with E-state index in [9.17, 15) is 9.18 Å². The summed E-state index contributed by atoms with van der Waals surface area (Å²) in [6, 6.07) is 3.96. The van der Waals surface area contributed by atoms with Crippen LogP contribution in [-0.2, 0) is 4.74 Å². The molecular formula is C13H17FO3. The highest BCUT2D eigenvalue weighted by molar-refractivity contribution is 5.96. The van der Waals surface area contributed by atoms with Gasteiger partial charge in [-0.05, 0) is 32.0 Å². The summed E-state index contributed by atoms with van der Waals surface area (Å²) in [5, 5.41) is 0. The second kappa shape index (κ2) is 7.01. The summed E-state index contributed by atoms with van der Waals surface area (Å²) in [5.41, 5.74) is 0.279. The maximum absolute atomic E-state index is 13.0. The molecular weight excluding hydrogens is 223 g/mol. The Morgan fingerprint density at radius 3 is 2.76 bits per heavy atom. The van der Waals surface area contributed by atoms with Gasteiger partial charge in [-0.2, -0.15) is 0 Å². The van der Waals surface area contributed by atoms with Gasteiger partial charge in [0.2, 0.25) is 0 Å². The Labute approximate surface area is 101 Å². The van der Waals surface area contributed by atoms with Gasteiger partial charge in [-0.3, -0.25) is 4.79 Å². The van der Waals surface area contributed by atoms with Crippen LogP contribution in [0.2, 0.25) is 0 Å². The van der Waals surface area contributed by atoms with Gasteiger partial charge in [0.25, 0.3) is 0 Å². The lowest BCUT2D eigenvalue weighted by molar-refractivity contribution is 0.101. The van der Waals surface area contributed by atoms with E-state index >= 15 is 0 Å². The summed E-state index contributed by atoms with van der Waals surface area (Å²) in [6.45, 7) is 5.06. The van der Waals surface area contributed by atoms with Gasteiger partial charge in [-0.15, -0.1) is 0 Å². The summed E-state index contributed by atoms with van der Waals surface area (Å²) in [6.07, 6.45) is 0.739. The molecule has 17 heavy (non-hydrogen) atoms. The molecule has 0 saturated heterocycles. The molecule has 0 aliphatic rings. The number of carbonyl (C=O) groups excluding carboxylic acids is 1. The maximum atomic E-state index is 13.0. The highest BCUT2D eigenvalue weighted by Crippen LogP contribution is 2.20. The van der Waals surface area contributed by atoms with E-state index in [0.29, 0.717) is 25.6 Å². The van der Waals surface area contributed by atoms with Crippen molar-refractivity contribution in [2.75, 3.05) is 19.8 Å². The molecule has 0 aliphatic heterocycles. The van der Waals surface area contributed by atoms with E-state index in [1.807, 2.05) is 6.92 Å². The number of benzene rings is 1. The first-order valence-corrected chi connectivity index (χ1v) is 5.66. The smallest absolute Gasteiger partial charge is 0.163 e. The molecule has 4 heteroatoms. The third-order valence-corrected chi connectivity index (χ3v) is 2.22. The van der Waals surface area contributed by atoms with Gasteiger partial charge in [-0.1, -0.05) is 0 Å². The molecule has 0 unspecified atom stereocenters. The van der Waals surface area contributed by atoms with Gasteiger partial charge in [0.15, 0.2) is 5.78 Å². The van der Waals surface area contributed by atoms with E-state index in [2.05, 4.69) is 0 Å². The van der Waals surface area contributed by atoms with Crippen LogP contribution in [0.1, 0.15) is 30.6 Å². The number of hydrogen-bond acceptors (Lipinski definition) is 3. The highest BCUT2D eigenvalue weighted by atomic mass is 19.1. The molecule has 0 heterocycles. The minimum atomic E-state index is -0.433. The zero-order valence-electron chi connectivity index (χ0n) is 10.2. The lowest BCUT2D eigenvalue weighted by atomic mass is 10.1. The number of Topliss-reactive ketones (excluding diaryl/α,β-unsaturated/α-hetero) is 1. The Morgan fingerprint density at radius 1 is 1.35 bits per heavy atom. The number of halogens is 1. The standard InChI is InChI=1S/C13H17FO3/c1-3-16-7-4-8-17-13-6-5-11(14)9-12(13)10(2)15/h5-6,9H,3-4,7-8H2,1-2H3. The average molecular weight is 240 g/mol. The Hall–Kier alpha value is -1.42. The maximum Gasteiger partial charge on any atom is 0.163 e. The highest BCUT2D eigenvalue weighted by Gasteiger charge is 2.09. The van der Waals surface area contributed by atoms with Crippen molar-refractivity contribution in [3.05, 3.63) is 29.6 Å². The van der Waals surface area contributed by atoms with Crippen molar-refractivity contribution in [3.8, 4) is 5.75 Å². The minimum Gasteiger partial charge on any atom is -0.493 e. The van der Waals surface area contributed by atoms with Gasteiger partial charge in [0.1, 0.15) is 11.6 Å².